The van der Waals surface area contributed by atoms with Gasteiger partial charge in [0, 0.05) is 33.3 Å². The molecule has 0 spiro atoms. The summed E-state index contributed by atoms with van der Waals surface area (Å²) in [5.74, 6) is 0.468. The maximum Gasteiger partial charge on any atom is 0.213 e. The van der Waals surface area contributed by atoms with Crippen molar-refractivity contribution in [3.63, 3.8) is 0 Å². The Balaban J connectivity index is 3.96. The largest absolute Gasteiger partial charge is 0.383 e. The van der Waals surface area contributed by atoms with Gasteiger partial charge in [-0.1, -0.05) is 0 Å². The number of guanidine groups is 1. The maximum atomic E-state index is 11.5. The van der Waals surface area contributed by atoms with Gasteiger partial charge in [-0.25, -0.2) is 12.7 Å². The SMILES string of the molecule is CCS(=O)(=O)N(C)CCCN=C(N)NC(C)COC. The predicted molar refractivity (Wildman–Crippen MR) is 77.7 cm³/mol. The van der Waals surface area contributed by atoms with Gasteiger partial charge in [-0.05, 0) is 20.3 Å². The van der Waals surface area contributed by atoms with Crippen molar-refractivity contribution in [1.82, 2.24) is 9.62 Å². The van der Waals surface area contributed by atoms with Crippen LogP contribution in [0.3, 0.4) is 0 Å². The van der Waals surface area contributed by atoms with Gasteiger partial charge in [0.25, 0.3) is 0 Å². The molecule has 0 rings (SSSR count). The van der Waals surface area contributed by atoms with Crippen LogP contribution in [0.5, 0.6) is 0 Å². The summed E-state index contributed by atoms with van der Waals surface area (Å²) < 4.78 is 29.3. The van der Waals surface area contributed by atoms with E-state index in [9.17, 15) is 8.42 Å². The van der Waals surface area contributed by atoms with E-state index >= 15 is 0 Å². The van der Waals surface area contributed by atoms with Crippen molar-refractivity contribution in [3.05, 3.63) is 0 Å². The minimum Gasteiger partial charge on any atom is -0.383 e. The molecule has 0 aromatic heterocycles. The van der Waals surface area contributed by atoms with E-state index in [2.05, 4.69) is 10.3 Å². The summed E-state index contributed by atoms with van der Waals surface area (Å²) in [4.78, 5) is 4.13. The Labute approximate surface area is 116 Å². The molecule has 0 heterocycles. The summed E-state index contributed by atoms with van der Waals surface area (Å²) in [5.41, 5.74) is 5.69. The lowest BCUT2D eigenvalue weighted by molar-refractivity contribution is 0.179. The molecule has 0 aliphatic carbocycles. The number of sulfonamides is 1. The van der Waals surface area contributed by atoms with E-state index in [1.54, 1.807) is 21.1 Å². The molecule has 0 amide bonds. The molecule has 114 valence electrons. The van der Waals surface area contributed by atoms with E-state index in [-0.39, 0.29) is 11.8 Å². The molecule has 0 fully saturated rings. The van der Waals surface area contributed by atoms with Crippen LogP contribution in [0.2, 0.25) is 0 Å². The molecule has 1 unspecified atom stereocenters. The predicted octanol–water partition coefficient (Wildman–Crippen LogP) is -0.403. The third kappa shape index (κ3) is 8.02. The molecule has 0 aliphatic rings. The highest BCUT2D eigenvalue weighted by molar-refractivity contribution is 7.89. The first kappa shape index (κ1) is 18.1. The van der Waals surface area contributed by atoms with Crippen molar-refractivity contribution >= 4 is 16.0 Å². The van der Waals surface area contributed by atoms with Crippen molar-refractivity contribution < 1.29 is 13.2 Å². The first-order valence-corrected chi connectivity index (χ1v) is 7.93. The van der Waals surface area contributed by atoms with Crippen molar-refractivity contribution in [2.75, 3.05) is 39.6 Å². The zero-order chi connectivity index (χ0) is 14.9. The fourth-order valence-corrected chi connectivity index (χ4v) is 2.29. The first-order chi connectivity index (χ1) is 8.83. The molecule has 3 N–H and O–H groups in total. The zero-order valence-electron chi connectivity index (χ0n) is 12.2. The lowest BCUT2D eigenvalue weighted by Gasteiger charge is -2.15. The van der Waals surface area contributed by atoms with Crippen LogP contribution in [0.1, 0.15) is 20.3 Å². The molecule has 0 aliphatic heterocycles. The summed E-state index contributed by atoms with van der Waals surface area (Å²) >= 11 is 0. The minimum absolute atomic E-state index is 0.0943. The Morgan fingerprint density at radius 1 is 1.53 bits per heavy atom. The van der Waals surface area contributed by atoms with Gasteiger partial charge >= 0.3 is 0 Å². The number of rotatable bonds is 9. The van der Waals surface area contributed by atoms with Crippen LogP contribution in [0.15, 0.2) is 4.99 Å². The zero-order valence-corrected chi connectivity index (χ0v) is 13.0. The van der Waals surface area contributed by atoms with Gasteiger partial charge in [-0.15, -0.1) is 0 Å². The average Bonchev–Trinajstić information content (AvgIpc) is 2.34. The molecule has 19 heavy (non-hydrogen) atoms. The average molecular weight is 294 g/mol. The highest BCUT2D eigenvalue weighted by Crippen LogP contribution is 1.98. The number of aliphatic imine (C=N–C) groups is 1. The number of ether oxygens (including phenoxy) is 1. The van der Waals surface area contributed by atoms with Crippen LogP contribution in [0, 0.1) is 0 Å². The van der Waals surface area contributed by atoms with E-state index in [4.69, 9.17) is 10.5 Å². The third-order valence-corrected chi connectivity index (χ3v) is 4.43. The highest BCUT2D eigenvalue weighted by atomic mass is 32.2. The second-order valence-electron chi connectivity index (χ2n) is 4.34. The van der Waals surface area contributed by atoms with Crippen LogP contribution in [-0.2, 0) is 14.8 Å². The number of hydrogen-bond donors (Lipinski definition) is 2. The highest BCUT2D eigenvalue weighted by Gasteiger charge is 2.13. The van der Waals surface area contributed by atoms with E-state index in [1.807, 2.05) is 6.92 Å². The van der Waals surface area contributed by atoms with E-state index < -0.39 is 10.0 Å². The molecule has 0 radical (unpaired) electrons. The van der Waals surface area contributed by atoms with E-state index in [0.29, 0.717) is 32.1 Å². The monoisotopic (exact) mass is 294 g/mol. The second kappa shape index (κ2) is 9.11. The van der Waals surface area contributed by atoms with E-state index in [1.165, 1.54) is 4.31 Å². The smallest absolute Gasteiger partial charge is 0.213 e. The van der Waals surface area contributed by atoms with Crippen LogP contribution >= 0.6 is 0 Å². The lowest BCUT2D eigenvalue weighted by atomic mass is 10.4. The number of nitrogens with two attached hydrogens (primary N) is 1. The van der Waals surface area contributed by atoms with E-state index in [0.717, 1.165) is 0 Å². The van der Waals surface area contributed by atoms with Crippen LogP contribution in [0.25, 0.3) is 0 Å². The molecule has 0 aromatic carbocycles. The van der Waals surface area contributed by atoms with Crippen LogP contribution in [-0.4, -0.2) is 64.3 Å². The molecule has 1 atom stereocenters. The van der Waals surface area contributed by atoms with Crippen molar-refractivity contribution in [3.8, 4) is 0 Å². The summed E-state index contributed by atoms with van der Waals surface area (Å²) in [7, 11) is 0.0910. The summed E-state index contributed by atoms with van der Waals surface area (Å²) in [6.07, 6.45) is 0.636. The Morgan fingerprint density at radius 3 is 2.68 bits per heavy atom. The van der Waals surface area contributed by atoms with Crippen LogP contribution < -0.4 is 11.1 Å². The molecule has 7 nitrogen and oxygen atoms in total. The van der Waals surface area contributed by atoms with Gasteiger partial charge in [0.05, 0.1) is 12.4 Å². The lowest BCUT2D eigenvalue weighted by Crippen LogP contribution is -2.40. The molecule has 0 saturated heterocycles. The summed E-state index contributed by atoms with van der Waals surface area (Å²) in [6.45, 7) is 5.05. The van der Waals surface area contributed by atoms with Gasteiger partial charge in [0.15, 0.2) is 5.96 Å². The van der Waals surface area contributed by atoms with Gasteiger partial charge in [0.1, 0.15) is 0 Å². The van der Waals surface area contributed by atoms with Gasteiger partial charge in [-0.3, -0.25) is 4.99 Å². The quantitative estimate of drug-likeness (QED) is 0.342. The minimum atomic E-state index is -3.10. The summed E-state index contributed by atoms with van der Waals surface area (Å²) in [5, 5.41) is 2.98. The molecule has 0 bridgehead atoms. The number of nitrogens with one attached hydrogen (secondary N) is 1. The normalized spacial score (nSPS) is 14.7. The molecule has 0 aromatic rings. The Bertz CT molecular complexity index is 370. The molecular formula is C11H26N4O3S. The molecule has 8 heteroatoms. The van der Waals surface area contributed by atoms with Crippen molar-refractivity contribution in [2.45, 2.75) is 26.3 Å². The fourth-order valence-electron chi connectivity index (χ4n) is 1.44. The first-order valence-electron chi connectivity index (χ1n) is 6.32. The topological polar surface area (TPSA) is 97.0 Å². The van der Waals surface area contributed by atoms with Crippen molar-refractivity contribution in [1.29, 1.82) is 0 Å². The Morgan fingerprint density at radius 2 is 2.16 bits per heavy atom. The van der Waals surface area contributed by atoms with Crippen molar-refractivity contribution in [2.24, 2.45) is 10.7 Å². The maximum absolute atomic E-state index is 11.5. The summed E-state index contributed by atoms with van der Waals surface area (Å²) in [6, 6.07) is 0.0943. The molecular weight excluding hydrogens is 268 g/mol. The fraction of sp³-hybridized carbons (Fsp3) is 0.909. The second-order valence-corrected chi connectivity index (χ2v) is 6.71. The van der Waals surface area contributed by atoms with Gasteiger partial charge in [0.2, 0.25) is 10.0 Å². The van der Waals surface area contributed by atoms with Crippen LogP contribution in [0.4, 0.5) is 0 Å². The number of nitrogens with zero attached hydrogens (tertiary/aromatic N) is 2. The number of hydrogen-bond acceptors (Lipinski definition) is 4. The molecule has 0 saturated carbocycles. The Hall–Kier alpha value is -0.860. The third-order valence-electron chi connectivity index (χ3n) is 2.56. The van der Waals surface area contributed by atoms with Gasteiger partial charge < -0.3 is 15.8 Å². The standard InChI is InChI=1S/C11H26N4O3S/c1-5-19(16,17)15(3)8-6-7-13-11(12)14-10(2)9-18-4/h10H,5-9H2,1-4H3,(H3,12,13,14). The number of methoxy groups -OCH3 is 1. The Kier molecular flexibility index (Phi) is 8.70. The van der Waals surface area contributed by atoms with Gasteiger partial charge in [-0.2, -0.15) is 0 Å².